The number of hydrogen-bond acceptors (Lipinski definition) is 10. The van der Waals surface area contributed by atoms with Gasteiger partial charge in [0.2, 0.25) is 35.4 Å². The summed E-state index contributed by atoms with van der Waals surface area (Å²) in [5.74, 6) is -6.85. The fraction of sp³-hybridized carbons (Fsp3) is 0.417. The van der Waals surface area contributed by atoms with E-state index >= 15 is 4.39 Å². The van der Waals surface area contributed by atoms with Crippen LogP contribution in [0.4, 0.5) is 8.78 Å². The zero-order chi connectivity index (χ0) is 49.4. The van der Waals surface area contributed by atoms with Gasteiger partial charge in [0.15, 0.2) is 5.78 Å². The number of ketones is 1. The van der Waals surface area contributed by atoms with Crippen molar-refractivity contribution in [1.82, 2.24) is 41.0 Å². The third kappa shape index (κ3) is 15.6. The van der Waals surface area contributed by atoms with Crippen LogP contribution in [0.5, 0.6) is 0 Å². The Labute approximate surface area is 388 Å². The molecule has 360 valence electrons. The molecule has 5 atom stereocenters. The molecule has 2 heterocycles. The Morgan fingerprint density at radius 3 is 2.13 bits per heavy atom. The minimum Gasteiger partial charge on any atom is -0.387 e. The van der Waals surface area contributed by atoms with Crippen LogP contribution in [0.2, 0.25) is 0 Å². The number of carbonyl (C=O) groups excluding carboxylic acids is 7. The van der Waals surface area contributed by atoms with E-state index < -0.39 is 95.6 Å². The SMILES string of the molecule is CNC(=O)C(CCN(C(=O)CO)[C@@H](c1cc(-c2cc(F)ccc2F)cn1Cc1ccccc1)C(C)(C)C)NC(=O)[C@H](CC(N)=O)NC(=O)[C@H](C)NC(=O)[C@H](C)CNCC(=O)Cc1ccncc1. The Morgan fingerprint density at radius 1 is 0.836 bits per heavy atom. The first-order chi connectivity index (χ1) is 31.7. The first-order valence-corrected chi connectivity index (χ1v) is 21.8. The van der Waals surface area contributed by atoms with Gasteiger partial charge in [-0.2, -0.15) is 0 Å². The van der Waals surface area contributed by atoms with Crippen LogP contribution in [-0.2, 0) is 46.5 Å². The standard InChI is InChI=1S/C48H61F2N9O8/c1-29(24-54-25-35(61)20-31-14-17-53-18-15-31)44(64)55-30(2)45(65)57-39(23-41(51)62)47(67)56-38(46(66)52-6)16-19-59(42(63)28-60)43(48(3,4)5)40-21-33(36-22-34(49)12-13-37(36)50)27-58(40)26-32-10-8-7-9-11-32/h7-15,17-18,21-22,27,29-30,38-39,43,54,60H,16,19-20,23-26,28H2,1-6H3,(H2,51,62)(H,52,66)(H,55,64)(H,56,67)(H,57,65)/t29-,30+,38?,39+,43+/m1/s1. The highest BCUT2D eigenvalue weighted by Gasteiger charge is 2.38. The molecular formula is C48H61F2N9O8. The summed E-state index contributed by atoms with van der Waals surface area (Å²) in [6.45, 7) is 7.73. The van der Waals surface area contributed by atoms with Crippen LogP contribution in [0.3, 0.4) is 0 Å². The first-order valence-electron chi connectivity index (χ1n) is 21.8. The number of amides is 6. The van der Waals surface area contributed by atoms with Gasteiger partial charge >= 0.3 is 0 Å². The van der Waals surface area contributed by atoms with Crippen molar-refractivity contribution in [2.45, 2.75) is 84.6 Å². The smallest absolute Gasteiger partial charge is 0.248 e. The third-order valence-electron chi connectivity index (χ3n) is 10.9. The Hall–Kier alpha value is -6.86. The van der Waals surface area contributed by atoms with Gasteiger partial charge in [-0.3, -0.25) is 38.5 Å². The quantitative estimate of drug-likeness (QED) is 0.0541. The molecule has 0 radical (unpaired) electrons. The summed E-state index contributed by atoms with van der Waals surface area (Å²) < 4.78 is 31.5. The summed E-state index contributed by atoms with van der Waals surface area (Å²) in [5, 5.41) is 23.2. The van der Waals surface area contributed by atoms with Crippen LogP contribution in [0, 0.1) is 23.0 Å². The molecule has 0 fully saturated rings. The second-order valence-electron chi connectivity index (χ2n) is 17.4. The van der Waals surface area contributed by atoms with Crippen LogP contribution < -0.4 is 32.3 Å². The fourth-order valence-electron chi connectivity index (χ4n) is 7.52. The minimum absolute atomic E-state index is 0.00791. The lowest BCUT2D eigenvalue weighted by atomic mass is 9.82. The molecule has 0 aliphatic rings. The van der Waals surface area contributed by atoms with Crippen LogP contribution >= 0.6 is 0 Å². The molecule has 6 amide bonds. The second-order valence-corrected chi connectivity index (χ2v) is 17.4. The van der Waals surface area contributed by atoms with E-state index in [2.05, 4.69) is 31.6 Å². The molecule has 0 aliphatic heterocycles. The highest BCUT2D eigenvalue weighted by Crippen LogP contribution is 2.41. The van der Waals surface area contributed by atoms with Gasteiger partial charge in [0, 0.05) is 74.4 Å². The van der Waals surface area contributed by atoms with Crippen molar-refractivity contribution in [3.8, 4) is 11.1 Å². The number of Topliss-reactive ketones (excluding diaryl/α,β-unsaturated/α-hetero) is 1. The molecule has 0 saturated carbocycles. The Bertz CT molecular complexity index is 2360. The summed E-state index contributed by atoms with van der Waals surface area (Å²) in [4.78, 5) is 97.1. The number of rotatable bonds is 24. The van der Waals surface area contributed by atoms with Crippen molar-refractivity contribution in [2.24, 2.45) is 17.1 Å². The van der Waals surface area contributed by atoms with Crippen LogP contribution in [-0.4, -0.2) is 112 Å². The molecule has 0 spiro atoms. The summed E-state index contributed by atoms with van der Waals surface area (Å²) in [6, 6.07) is 12.5. The Kier molecular flexibility index (Phi) is 19.4. The molecule has 19 heteroatoms. The topological polar surface area (TPSA) is 247 Å². The highest BCUT2D eigenvalue weighted by atomic mass is 19.1. The molecule has 17 nitrogen and oxygen atoms in total. The molecule has 0 aliphatic carbocycles. The number of carbonyl (C=O) groups is 7. The molecule has 2 aromatic heterocycles. The Balaban J connectivity index is 1.52. The van der Waals surface area contributed by atoms with Crippen molar-refractivity contribution >= 4 is 41.2 Å². The van der Waals surface area contributed by atoms with Crippen molar-refractivity contribution < 1.29 is 47.4 Å². The second kappa shape index (κ2) is 24.6. The third-order valence-corrected chi connectivity index (χ3v) is 10.9. The number of nitrogens with two attached hydrogens (primary N) is 1. The van der Waals surface area contributed by atoms with E-state index in [1.165, 1.54) is 18.9 Å². The normalized spacial score (nSPS) is 13.6. The average molecular weight is 930 g/mol. The number of nitrogens with zero attached hydrogens (tertiary/aromatic N) is 3. The maximum Gasteiger partial charge on any atom is 0.248 e. The number of primary amides is 1. The fourth-order valence-corrected chi connectivity index (χ4v) is 7.52. The average Bonchev–Trinajstić information content (AvgIpc) is 3.68. The van der Waals surface area contributed by atoms with E-state index in [0.29, 0.717) is 11.3 Å². The van der Waals surface area contributed by atoms with E-state index in [9.17, 15) is 43.1 Å². The van der Waals surface area contributed by atoms with Crippen LogP contribution in [0.1, 0.15) is 70.3 Å². The lowest BCUT2D eigenvalue weighted by Gasteiger charge is -2.41. The van der Waals surface area contributed by atoms with Gasteiger partial charge in [-0.05, 0) is 66.3 Å². The van der Waals surface area contributed by atoms with E-state index in [1.807, 2.05) is 55.7 Å². The molecule has 4 rings (SSSR count). The molecule has 0 bridgehead atoms. The van der Waals surface area contributed by atoms with Crippen molar-refractivity contribution in [3.05, 3.63) is 114 Å². The van der Waals surface area contributed by atoms with Gasteiger partial charge in [-0.25, -0.2) is 8.78 Å². The van der Waals surface area contributed by atoms with E-state index in [0.717, 1.165) is 29.3 Å². The van der Waals surface area contributed by atoms with Gasteiger partial charge in [-0.1, -0.05) is 58.0 Å². The minimum atomic E-state index is -1.59. The number of benzene rings is 2. The maximum absolute atomic E-state index is 15.2. The van der Waals surface area contributed by atoms with Crippen molar-refractivity contribution in [1.29, 1.82) is 0 Å². The van der Waals surface area contributed by atoms with Crippen LogP contribution in [0.15, 0.2) is 85.3 Å². The van der Waals surface area contributed by atoms with Gasteiger partial charge in [0.1, 0.15) is 36.4 Å². The molecule has 0 saturated heterocycles. The number of aromatic nitrogens is 2. The van der Waals surface area contributed by atoms with Crippen molar-refractivity contribution in [3.63, 3.8) is 0 Å². The molecule has 67 heavy (non-hydrogen) atoms. The number of likely N-dealkylation sites (N-methyl/N-ethyl adjacent to an activating group) is 1. The molecule has 2 aromatic carbocycles. The van der Waals surface area contributed by atoms with E-state index in [-0.39, 0.29) is 50.4 Å². The van der Waals surface area contributed by atoms with Gasteiger partial charge < -0.3 is 46.9 Å². The number of halogens is 2. The number of hydrogen-bond donors (Lipinski definition) is 7. The van der Waals surface area contributed by atoms with Crippen molar-refractivity contribution in [2.75, 3.05) is 33.3 Å². The van der Waals surface area contributed by atoms with Gasteiger partial charge in [-0.15, -0.1) is 0 Å². The molecular weight excluding hydrogens is 869 g/mol. The van der Waals surface area contributed by atoms with E-state index in [1.54, 1.807) is 43.7 Å². The molecule has 4 aromatic rings. The summed E-state index contributed by atoms with van der Waals surface area (Å²) in [5.41, 5.74) is 7.14. The zero-order valence-electron chi connectivity index (χ0n) is 38.6. The molecule has 8 N–H and O–H groups in total. The Morgan fingerprint density at radius 2 is 1.51 bits per heavy atom. The van der Waals surface area contributed by atoms with Crippen LogP contribution in [0.25, 0.3) is 11.1 Å². The summed E-state index contributed by atoms with van der Waals surface area (Å²) in [6.07, 6.45) is 4.09. The lowest BCUT2D eigenvalue weighted by Crippen LogP contribution is -2.57. The lowest BCUT2D eigenvalue weighted by molar-refractivity contribution is -0.140. The predicted molar refractivity (Wildman–Crippen MR) is 245 cm³/mol. The van der Waals surface area contributed by atoms with E-state index in [4.69, 9.17) is 5.73 Å². The first kappa shape index (κ1) is 52.8. The number of aliphatic hydroxyl groups excluding tert-OH is 1. The monoisotopic (exact) mass is 929 g/mol. The number of aliphatic hydroxyl groups is 1. The van der Waals surface area contributed by atoms with Gasteiger partial charge in [0.25, 0.3) is 0 Å². The maximum atomic E-state index is 15.2. The summed E-state index contributed by atoms with van der Waals surface area (Å²) in [7, 11) is 1.32. The zero-order valence-corrected chi connectivity index (χ0v) is 38.6. The number of nitrogens with one attached hydrogen (secondary N) is 5. The van der Waals surface area contributed by atoms with Gasteiger partial charge in [0.05, 0.1) is 19.0 Å². The predicted octanol–water partition coefficient (Wildman–Crippen LogP) is 2.31. The largest absolute Gasteiger partial charge is 0.387 e. The summed E-state index contributed by atoms with van der Waals surface area (Å²) >= 11 is 0. The molecule has 1 unspecified atom stereocenters. The number of pyridine rings is 1. The highest BCUT2D eigenvalue weighted by molar-refractivity contribution is 5.96.